The van der Waals surface area contributed by atoms with E-state index in [-0.39, 0.29) is 23.5 Å². The van der Waals surface area contributed by atoms with Gasteiger partial charge in [-0.2, -0.15) is 0 Å². The quantitative estimate of drug-likeness (QED) is 0.902. The minimum atomic E-state index is -0.136. The zero-order valence-electron chi connectivity index (χ0n) is 13.4. The fourth-order valence-electron chi connectivity index (χ4n) is 2.90. The molecule has 2 amide bonds. The first-order valence-corrected chi connectivity index (χ1v) is 7.89. The molecule has 8 nitrogen and oxygen atoms in total. The third-order valence-electron chi connectivity index (χ3n) is 4.13. The van der Waals surface area contributed by atoms with E-state index in [9.17, 15) is 9.59 Å². The van der Waals surface area contributed by atoms with Crippen LogP contribution in [0.25, 0.3) is 0 Å². The Labute approximate surface area is 139 Å². The first kappa shape index (κ1) is 16.1. The lowest BCUT2D eigenvalue weighted by molar-refractivity contribution is -0.119. The standard InChI is InChI=1S/C16H19N5O3/c1-11(22)19-10-13-15(18-7-6-17-13)12-3-8-21(9-4-12)16(23)14-2-5-20-24-14/h2,5-7,12H,3-4,8-10H2,1H3,(H,19,22). The van der Waals surface area contributed by atoms with Crippen molar-refractivity contribution < 1.29 is 14.1 Å². The molecular formula is C16H19N5O3. The van der Waals surface area contributed by atoms with Crippen molar-refractivity contribution >= 4 is 11.8 Å². The van der Waals surface area contributed by atoms with Crippen molar-refractivity contribution in [2.75, 3.05) is 13.1 Å². The van der Waals surface area contributed by atoms with Crippen LogP contribution in [0.2, 0.25) is 0 Å². The lowest BCUT2D eigenvalue weighted by atomic mass is 9.91. The van der Waals surface area contributed by atoms with Crippen LogP contribution in [0, 0.1) is 0 Å². The number of piperidine rings is 1. The van der Waals surface area contributed by atoms with Gasteiger partial charge in [-0.15, -0.1) is 0 Å². The van der Waals surface area contributed by atoms with Crippen molar-refractivity contribution in [3.05, 3.63) is 41.8 Å². The van der Waals surface area contributed by atoms with Crippen LogP contribution in [-0.2, 0) is 11.3 Å². The largest absolute Gasteiger partial charge is 0.351 e. The van der Waals surface area contributed by atoms with Crippen LogP contribution in [0.5, 0.6) is 0 Å². The first-order chi connectivity index (χ1) is 11.6. The van der Waals surface area contributed by atoms with Gasteiger partial charge in [0, 0.05) is 44.4 Å². The van der Waals surface area contributed by atoms with E-state index in [0.29, 0.717) is 19.6 Å². The van der Waals surface area contributed by atoms with Crippen molar-refractivity contribution in [1.29, 1.82) is 0 Å². The van der Waals surface area contributed by atoms with Crippen LogP contribution >= 0.6 is 0 Å². The number of nitrogens with one attached hydrogen (secondary N) is 1. The lowest BCUT2D eigenvalue weighted by Crippen LogP contribution is -2.38. The van der Waals surface area contributed by atoms with Gasteiger partial charge in [0.05, 0.1) is 24.1 Å². The number of hydrogen-bond acceptors (Lipinski definition) is 6. The second kappa shape index (κ2) is 7.20. The Morgan fingerprint density at radius 3 is 2.67 bits per heavy atom. The van der Waals surface area contributed by atoms with Crippen LogP contribution in [0.15, 0.2) is 29.2 Å². The molecule has 0 bridgehead atoms. The molecule has 126 valence electrons. The Balaban J connectivity index is 1.64. The Bertz CT molecular complexity index is 708. The summed E-state index contributed by atoms with van der Waals surface area (Å²) in [5.41, 5.74) is 1.69. The highest BCUT2D eigenvalue weighted by Crippen LogP contribution is 2.28. The van der Waals surface area contributed by atoms with Crippen LogP contribution in [-0.4, -0.2) is 44.9 Å². The molecule has 8 heteroatoms. The van der Waals surface area contributed by atoms with E-state index in [1.54, 1.807) is 23.4 Å². The molecule has 3 heterocycles. The molecule has 2 aromatic rings. The van der Waals surface area contributed by atoms with E-state index in [4.69, 9.17) is 4.52 Å². The molecule has 1 fully saturated rings. The maximum Gasteiger partial charge on any atom is 0.292 e. The van der Waals surface area contributed by atoms with Gasteiger partial charge in [-0.1, -0.05) is 5.16 Å². The van der Waals surface area contributed by atoms with Crippen molar-refractivity contribution in [3.8, 4) is 0 Å². The monoisotopic (exact) mass is 329 g/mol. The predicted molar refractivity (Wildman–Crippen MR) is 83.9 cm³/mol. The van der Waals surface area contributed by atoms with Gasteiger partial charge in [0.15, 0.2) is 0 Å². The lowest BCUT2D eigenvalue weighted by Gasteiger charge is -2.31. The summed E-state index contributed by atoms with van der Waals surface area (Å²) in [5, 5.41) is 6.33. The highest BCUT2D eigenvalue weighted by Gasteiger charge is 2.28. The van der Waals surface area contributed by atoms with Crippen molar-refractivity contribution in [2.24, 2.45) is 0 Å². The molecular weight excluding hydrogens is 310 g/mol. The van der Waals surface area contributed by atoms with Gasteiger partial charge in [-0.25, -0.2) is 0 Å². The minimum absolute atomic E-state index is 0.0981. The minimum Gasteiger partial charge on any atom is -0.351 e. The molecule has 2 aromatic heterocycles. The summed E-state index contributed by atoms with van der Waals surface area (Å²) in [6.07, 6.45) is 6.35. The predicted octanol–water partition coefficient (Wildman–Crippen LogP) is 1.12. The Morgan fingerprint density at radius 2 is 2.00 bits per heavy atom. The van der Waals surface area contributed by atoms with Crippen LogP contribution in [0.3, 0.4) is 0 Å². The van der Waals surface area contributed by atoms with Gasteiger partial charge in [-0.3, -0.25) is 19.6 Å². The molecule has 0 aromatic carbocycles. The van der Waals surface area contributed by atoms with Crippen molar-refractivity contribution in [3.63, 3.8) is 0 Å². The molecule has 0 spiro atoms. The second-order valence-corrected chi connectivity index (χ2v) is 5.74. The zero-order chi connectivity index (χ0) is 16.9. The maximum atomic E-state index is 12.3. The molecule has 1 aliphatic rings. The van der Waals surface area contributed by atoms with Gasteiger partial charge < -0.3 is 14.7 Å². The summed E-state index contributed by atoms with van der Waals surface area (Å²) < 4.78 is 4.93. The molecule has 3 rings (SSSR count). The van der Waals surface area contributed by atoms with Gasteiger partial charge >= 0.3 is 0 Å². The van der Waals surface area contributed by atoms with Gasteiger partial charge in [0.25, 0.3) is 5.91 Å². The number of amides is 2. The number of rotatable bonds is 4. The van der Waals surface area contributed by atoms with Gasteiger partial charge in [0.1, 0.15) is 0 Å². The summed E-state index contributed by atoms with van der Waals surface area (Å²) in [4.78, 5) is 33.9. The fraction of sp³-hybridized carbons (Fsp3) is 0.438. The molecule has 24 heavy (non-hydrogen) atoms. The van der Waals surface area contributed by atoms with Crippen LogP contribution in [0.4, 0.5) is 0 Å². The third-order valence-corrected chi connectivity index (χ3v) is 4.13. The molecule has 0 unspecified atom stereocenters. The smallest absolute Gasteiger partial charge is 0.292 e. The average Bonchev–Trinajstić information content (AvgIpc) is 3.14. The summed E-state index contributed by atoms with van der Waals surface area (Å²) in [5.74, 6) is 0.253. The highest BCUT2D eigenvalue weighted by molar-refractivity contribution is 5.91. The molecule has 0 saturated carbocycles. The van der Waals surface area contributed by atoms with E-state index in [2.05, 4.69) is 20.4 Å². The average molecular weight is 329 g/mol. The normalized spacial score (nSPS) is 15.3. The molecule has 0 atom stereocenters. The second-order valence-electron chi connectivity index (χ2n) is 5.74. The van der Waals surface area contributed by atoms with E-state index >= 15 is 0 Å². The Kier molecular flexibility index (Phi) is 4.83. The molecule has 0 aliphatic carbocycles. The van der Waals surface area contributed by atoms with Crippen LogP contribution < -0.4 is 5.32 Å². The fourth-order valence-corrected chi connectivity index (χ4v) is 2.90. The Hall–Kier alpha value is -2.77. The number of hydrogen-bond donors (Lipinski definition) is 1. The first-order valence-electron chi connectivity index (χ1n) is 7.89. The number of likely N-dealkylation sites (tertiary alicyclic amines) is 1. The SMILES string of the molecule is CC(=O)NCc1nccnc1C1CCN(C(=O)c2ccno2)CC1. The van der Waals surface area contributed by atoms with Crippen LogP contribution in [0.1, 0.15) is 47.6 Å². The van der Waals surface area contributed by atoms with E-state index in [0.717, 1.165) is 24.2 Å². The molecule has 1 aliphatic heterocycles. The maximum absolute atomic E-state index is 12.3. The summed E-state index contributed by atoms with van der Waals surface area (Å²) in [6.45, 7) is 3.10. The van der Waals surface area contributed by atoms with E-state index in [1.807, 2.05) is 0 Å². The van der Waals surface area contributed by atoms with Gasteiger partial charge in [0.2, 0.25) is 11.7 Å². The summed E-state index contributed by atoms with van der Waals surface area (Å²) >= 11 is 0. The van der Waals surface area contributed by atoms with E-state index < -0.39 is 0 Å². The topological polar surface area (TPSA) is 101 Å². The number of nitrogens with zero attached hydrogens (tertiary/aromatic N) is 4. The number of carbonyl (C=O) groups is 2. The zero-order valence-corrected chi connectivity index (χ0v) is 13.4. The Morgan fingerprint density at radius 1 is 1.25 bits per heavy atom. The molecule has 1 saturated heterocycles. The molecule has 1 N–H and O–H groups in total. The highest BCUT2D eigenvalue weighted by atomic mass is 16.5. The number of aromatic nitrogens is 3. The van der Waals surface area contributed by atoms with Crippen molar-refractivity contribution in [2.45, 2.75) is 32.2 Å². The van der Waals surface area contributed by atoms with E-state index in [1.165, 1.54) is 13.1 Å². The number of carbonyl (C=O) groups excluding carboxylic acids is 2. The van der Waals surface area contributed by atoms with Crippen molar-refractivity contribution in [1.82, 2.24) is 25.3 Å². The van der Waals surface area contributed by atoms with Gasteiger partial charge in [-0.05, 0) is 12.8 Å². The summed E-state index contributed by atoms with van der Waals surface area (Å²) in [7, 11) is 0. The summed E-state index contributed by atoms with van der Waals surface area (Å²) in [6, 6.07) is 1.57. The third kappa shape index (κ3) is 3.58. The molecule has 0 radical (unpaired) electrons.